The zero-order chi connectivity index (χ0) is 13.6. The molecule has 0 bridgehead atoms. The monoisotopic (exact) mass is 254 g/mol. The van der Waals surface area contributed by atoms with Gasteiger partial charge in [0.25, 0.3) is 5.56 Å². The Morgan fingerprint density at radius 2 is 1.95 bits per heavy atom. The molecule has 0 atom stereocenters. The second kappa shape index (κ2) is 4.34. The third-order valence-electron chi connectivity index (χ3n) is 3.77. The zero-order valence-corrected chi connectivity index (χ0v) is 11.6. The summed E-state index contributed by atoms with van der Waals surface area (Å²) in [6.07, 6.45) is 2.27. The average molecular weight is 254 g/mol. The van der Waals surface area contributed by atoms with E-state index in [4.69, 9.17) is 4.98 Å². The second-order valence-electron chi connectivity index (χ2n) is 5.52. The predicted octanol–water partition coefficient (Wildman–Crippen LogP) is 3.24. The maximum atomic E-state index is 12.0. The number of aryl methyl sites for hydroxylation is 2. The van der Waals surface area contributed by atoms with Gasteiger partial charge in [-0.2, -0.15) is 0 Å². The van der Waals surface area contributed by atoms with E-state index in [-0.39, 0.29) is 5.56 Å². The SMILES string of the molecule is Cc1ccc(-c2nc(C3CC3)[nH]c(=O)c2C)c(C)c1. The molecular weight excluding hydrogens is 236 g/mol. The van der Waals surface area contributed by atoms with Gasteiger partial charge in [0.15, 0.2) is 0 Å². The Bertz CT molecular complexity index is 696. The summed E-state index contributed by atoms with van der Waals surface area (Å²) in [6.45, 7) is 5.99. The largest absolute Gasteiger partial charge is 0.310 e. The summed E-state index contributed by atoms with van der Waals surface area (Å²) in [5.74, 6) is 1.31. The van der Waals surface area contributed by atoms with Gasteiger partial charge in [-0.1, -0.05) is 23.8 Å². The van der Waals surface area contributed by atoms with E-state index in [1.54, 1.807) is 0 Å². The van der Waals surface area contributed by atoms with Crippen molar-refractivity contribution < 1.29 is 0 Å². The Morgan fingerprint density at radius 3 is 2.58 bits per heavy atom. The fraction of sp³-hybridized carbons (Fsp3) is 0.375. The Hall–Kier alpha value is -1.90. The summed E-state index contributed by atoms with van der Waals surface area (Å²) in [4.78, 5) is 19.7. The Balaban J connectivity index is 2.20. The molecule has 0 radical (unpaired) electrons. The first-order chi connectivity index (χ1) is 9.06. The third kappa shape index (κ3) is 2.21. The van der Waals surface area contributed by atoms with Crippen LogP contribution in [0, 0.1) is 20.8 Å². The molecule has 1 fully saturated rings. The standard InChI is InChI=1S/C16H18N2O/c1-9-4-7-13(10(2)8-9)14-11(3)16(19)18-15(17-14)12-5-6-12/h4,7-8,12H,5-6H2,1-3H3,(H,17,18,19). The van der Waals surface area contributed by atoms with E-state index in [1.165, 1.54) is 11.1 Å². The Labute approximate surface area is 112 Å². The van der Waals surface area contributed by atoms with E-state index < -0.39 is 0 Å². The highest BCUT2D eigenvalue weighted by Crippen LogP contribution is 2.38. The Kier molecular flexibility index (Phi) is 2.77. The van der Waals surface area contributed by atoms with E-state index in [2.05, 4.69) is 37.0 Å². The summed E-state index contributed by atoms with van der Waals surface area (Å²) in [7, 11) is 0. The first-order valence-corrected chi connectivity index (χ1v) is 6.74. The van der Waals surface area contributed by atoms with Crippen molar-refractivity contribution >= 4 is 0 Å². The molecule has 0 unspecified atom stereocenters. The molecule has 1 aromatic heterocycles. The van der Waals surface area contributed by atoms with Crippen LogP contribution in [0.3, 0.4) is 0 Å². The van der Waals surface area contributed by atoms with Gasteiger partial charge in [0, 0.05) is 17.0 Å². The molecule has 2 aromatic rings. The van der Waals surface area contributed by atoms with Gasteiger partial charge in [0.2, 0.25) is 0 Å². The Morgan fingerprint density at radius 1 is 1.21 bits per heavy atom. The molecule has 1 heterocycles. The zero-order valence-electron chi connectivity index (χ0n) is 11.6. The molecule has 1 aliphatic rings. The summed E-state index contributed by atoms with van der Waals surface area (Å²) < 4.78 is 0. The van der Waals surface area contributed by atoms with Crippen molar-refractivity contribution in [2.75, 3.05) is 0 Å². The van der Waals surface area contributed by atoms with Crippen molar-refractivity contribution in [1.82, 2.24) is 9.97 Å². The van der Waals surface area contributed by atoms with E-state index in [1.807, 2.05) is 6.92 Å². The number of hydrogen-bond acceptors (Lipinski definition) is 2. The summed E-state index contributed by atoms with van der Waals surface area (Å²) >= 11 is 0. The molecule has 19 heavy (non-hydrogen) atoms. The molecule has 3 nitrogen and oxygen atoms in total. The number of aromatic nitrogens is 2. The van der Waals surface area contributed by atoms with Crippen molar-refractivity contribution in [3.8, 4) is 11.3 Å². The quantitative estimate of drug-likeness (QED) is 0.894. The molecule has 3 rings (SSSR count). The fourth-order valence-corrected chi connectivity index (χ4v) is 2.44. The lowest BCUT2D eigenvalue weighted by molar-refractivity contribution is 0.900. The summed E-state index contributed by atoms with van der Waals surface area (Å²) in [5, 5.41) is 0. The fourth-order valence-electron chi connectivity index (χ4n) is 2.44. The highest BCUT2D eigenvalue weighted by Gasteiger charge is 2.27. The molecule has 1 aromatic carbocycles. The average Bonchev–Trinajstić information content (AvgIpc) is 3.17. The number of nitrogens with one attached hydrogen (secondary N) is 1. The van der Waals surface area contributed by atoms with Crippen LogP contribution in [0.5, 0.6) is 0 Å². The van der Waals surface area contributed by atoms with Gasteiger partial charge in [-0.05, 0) is 39.2 Å². The lowest BCUT2D eigenvalue weighted by Gasteiger charge is -2.10. The van der Waals surface area contributed by atoms with Gasteiger partial charge in [0.05, 0.1) is 5.69 Å². The van der Waals surface area contributed by atoms with Gasteiger partial charge in [-0.15, -0.1) is 0 Å². The van der Waals surface area contributed by atoms with Crippen LogP contribution in [0.15, 0.2) is 23.0 Å². The smallest absolute Gasteiger partial charge is 0.254 e. The number of H-pyrrole nitrogens is 1. The van der Waals surface area contributed by atoms with Crippen LogP contribution in [0.1, 0.15) is 41.3 Å². The number of nitrogens with zero attached hydrogens (tertiary/aromatic N) is 1. The molecule has 0 spiro atoms. The second-order valence-corrected chi connectivity index (χ2v) is 5.52. The van der Waals surface area contributed by atoms with E-state index in [9.17, 15) is 4.79 Å². The normalized spacial score (nSPS) is 14.7. The minimum absolute atomic E-state index is 0.00752. The maximum absolute atomic E-state index is 12.0. The molecule has 0 aliphatic heterocycles. The maximum Gasteiger partial charge on any atom is 0.254 e. The summed E-state index contributed by atoms with van der Waals surface area (Å²) in [5.41, 5.74) is 5.00. The number of rotatable bonds is 2. The lowest BCUT2D eigenvalue weighted by atomic mass is 10.0. The van der Waals surface area contributed by atoms with Crippen LogP contribution in [0.25, 0.3) is 11.3 Å². The van der Waals surface area contributed by atoms with E-state index in [0.717, 1.165) is 29.9 Å². The van der Waals surface area contributed by atoms with Crippen LogP contribution in [-0.4, -0.2) is 9.97 Å². The number of hydrogen-bond donors (Lipinski definition) is 1. The molecule has 98 valence electrons. The van der Waals surface area contributed by atoms with Crippen molar-refractivity contribution in [3.05, 3.63) is 51.1 Å². The number of aromatic amines is 1. The highest BCUT2D eigenvalue weighted by atomic mass is 16.1. The van der Waals surface area contributed by atoms with Crippen LogP contribution >= 0.6 is 0 Å². The van der Waals surface area contributed by atoms with E-state index in [0.29, 0.717) is 11.5 Å². The van der Waals surface area contributed by atoms with Crippen LogP contribution in [0.2, 0.25) is 0 Å². The molecule has 1 aliphatic carbocycles. The van der Waals surface area contributed by atoms with Gasteiger partial charge in [-0.25, -0.2) is 4.98 Å². The van der Waals surface area contributed by atoms with Crippen molar-refractivity contribution in [3.63, 3.8) is 0 Å². The van der Waals surface area contributed by atoms with Crippen molar-refractivity contribution in [1.29, 1.82) is 0 Å². The predicted molar refractivity (Wildman–Crippen MR) is 76.5 cm³/mol. The van der Waals surface area contributed by atoms with Crippen LogP contribution in [-0.2, 0) is 0 Å². The van der Waals surface area contributed by atoms with Gasteiger partial charge in [-0.3, -0.25) is 4.79 Å². The minimum atomic E-state index is -0.00752. The molecule has 0 saturated heterocycles. The molecule has 0 amide bonds. The topological polar surface area (TPSA) is 45.8 Å². The van der Waals surface area contributed by atoms with Crippen molar-refractivity contribution in [2.24, 2.45) is 0 Å². The molecular formula is C16H18N2O. The van der Waals surface area contributed by atoms with Gasteiger partial charge < -0.3 is 4.98 Å². The highest BCUT2D eigenvalue weighted by molar-refractivity contribution is 5.66. The van der Waals surface area contributed by atoms with Gasteiger partial charge >= 0.3 is 0 Å². The van der Waals surface area contributed by atoms with Crippen LogP contribution < -0.4 is 5.56 Å². The molecule has 3 heteroatoms. The van der Waals surface area contributed by atoms with Crippen molar-refractivity contribution in [2.45, 2.75) is 39.5 Å². The first kappa shape index (κ1) is 12.2. The lowest BCUT2D eigenvalue weighted by Crippen LogP contribution is -2.16. The minimum Gasteiger partial charge on any atom is -0.310 e. The summed E-state index contributed by atoms with van der Waals surface area (Å²) in [6, 6.07) is 6.27. The third-order valence-corrected chi connectivity index (χ3v) is 3.77. The molecule has 1 N–H and O–H groups in total. The number of benzene rings is 1. The van der Waals surface area contributed by atoms with Crippen LogP contribution in [0.4, 0.5) is 0 Å². The first-order valence-electron chi connectivity index (χ1n) is 6.74. The van der Waals surface area contributed by atoms with Gasteiger partial charge in [0.1, 0.15) is 5.82 Å². The molecule has 1 saturated carbocycles. The van der Waals surface area contributed by atoms with E-state index >= 15 is 0 Å².